The number of halogens is 1. The van der Waals surface area contributed by atoms with Crippen LogP contribution in [-0.2, 0) is 9.59 Å². The highest BCUT2D eigenvalue weighted by molar-refractivity contribution is 6.46. The van der Waals surface area contributed by atoms with E-state index in [4.69, 9.17) is 0 Å². The minimum absolute atomic E-state index is 0.0621. The van der Waals surface area contributed by atoms with E-state index in [0.29, 0.717) is 23.9 Å². The van der Waals surface area contributed by atoms with Crippen molar-refractivity contribution in [3.05, 3.63) is 83.2 Å². The van der Waals surface area contributed by atoms with Crippen LogP contribution >= 0.6 is 0 Å². The van der Waals surface area contributed by atoms with E-state index in [1.165, 1.54) is 35.2 Å². The lowest BCUT2D eigenvalue weighted by Crippen LogP contribution is -2.32. The topological polar surface area (TPSA) is 81.1 Å². The van der Waals surface area contributed by atoms with E-state index in [2.05, 4.69) is 0 Å². The number of aliphatic hydroxyl groups excluding tert-OH is 1. The molecule has 170 valence electrons. The number of phenolic OH excluding ortho intramolecular Hbond substituents is 1. The number of rotatable bonds is 6. The summed E-state index contributed by atoms with van der Waals surface area (Å²) >= 11 is 0. The summed E-state index contributed by atoms with van der Waals surface area (Å²) in [5.74, 6) is -2.65. The molecule has 1 amide bonds. The van der Waals surface area contributed by atoms with Gasteiger partial charge in [-0.1, -0.05) is 42.5 Å². The fourth-order valence-electron chi connectivity index (χ4n) is 4.25. The van der Waals surface area contributed by atoms with Crippen molar-refractivity contribution in [2.75, 3.05) is 27.2 Å². The third-order valence-corrected chi connectivity index (χ3v) is 5.89. The number of ketones is 1. The molecule has 1 fully saturated rings. The largest absolute Gasteiger partial charge is 0.507 e. The molecule has 2 N–H and O–H groups in total. The molecule has 3 aromatic carbocycles. The Bertz CT molecular complexity index is 1250. The van der Waals surface area contributed by atoms with Crippen molar-refractivity contribution in [1.29, 1.82) is 0 Å². The van der Waals surface area contributed by atoms with Gasteiger partial charge < -0.3 is 20.0 Å². The molecule has 0 radical (unpaired) electrons. The summed E-state index contributed by atoms with van der Waals surface area (Å²) in [5, 5.41) is 23.3. The molecule has 1 saturated heterocycles. The third-order valence-electron chi connectivity index (χ3n) is 5.89. The van der Waals surface area contributed by atoms with Crippen molar-refractivity contribution in [3.8, 4) is 5.75 Å². The maximum atomic E-state index is 13.6. The van der Waals surface area contributed by atoms with E-state index in [1.807, 2.05) is 31.1 Å². The monoisotopic (exact) mass is 448 g/mol. The Morgan fingerprint density at radius 2 is 1.73 bits per heavy atom. The minimum Gasteiger partial charge on any atom is -0.507 e. The summed E-state index contributed by atoms with van der Waals surface area (Å²) < 4.78 is 13.6. The number of hydrogen-bond acceptors (Lipinski definition) is 5. The first kappa shape index (κ1) is 22.5. The molecule has 33 heavy (non-hydrogen) atoms. The number of aliphatic hydroxyl groups is 1. The van der Waals surface area contributed by atoms with Crippen molar-refractivity contribution in [2.24, 2.45) is 0 Å². The number of hydrogen-bond donors (Lipinski definition) is 2. The first-order valence-electron chi connectivity index (χ1n) is 10.7. The second-order valence-electron chi connectivity index (χ2n) is 8.38. The van der Waals surface area contributed by atoms with Gasteiger partial charge in [-0.15, -0.1) is 0 Å². The van der Waals surface area contributed by atoms with Gasteiger partial charge in [0.25, 0.3) is 11.7 Å². The van der Waals surface area contributed by atoms with Crippen LogP contribution in [0.2, 0.25) is 0 Å². The normalized spacial score (nSPS) is 17.9. The number of fused-ring (bicyclic) bond motifs is 1. The van der Waals surface area contributed by atoms with Crippen LogP contribution in [0.3, 0.4) is 0 Å². The summed E-state index contributed by atoms with van der Waals surface area (Å²) in [6, 6.07) is 15.0. The zero-order valence-electron chi connectivity index (χ0n) is 18.5. The highest BCUT2D eigenvalue weighted by Gasteiger charge is 2.46. The second kappa shape index (κ2) is 9.03. The minimum atomic E-state index is -0.890. The maximum Gasteiger partial charge on any atom is 0.295 e. The Balaban J connectivity index is 1.86. The van der Waals surface area contributed by atoms with Crippen molar-refractivity contribution >= 4 is 28.2 Å². The van der Waals surface area contributed by atoms with Gasteiger partial charge in [0.1, 0.15) is 17.3 Å². The molecule has 0 aromatic heterocycles. The highest BCUT2D eigenvalue weighted by atomic mass is 19.1. The molecule has 3 aromatic rings. The molecule has 0 unspecified atom stereocenters. The van der Waals surface area contributed by atoms with Crippen molar-refractivity contribution in [1.82, 2.24) is 9.80 Å². The van der Waals surface area contributed by atoms with E-state index in [-0.39, 0.29) is 23.4 Å². The van der Waals surface area contributed by atoms with Crippen molar-refractivity contribution in [3.63, 3.8) is 0 Å². The van der Waals surface area contributed by atoms with E-state index in [9.17, 15) is 24.2 Å². The van der Waals surface area contributed by atoms with E-state index < -0.39 is 29.3 Å². The molecule has 0 saturated carbocycles. The first-order valence-corrected chi connectivity index (χ1v) is 10.7. The van der Waals surface area contributed by atoms with Crippen LogP contribution in [0.4, 0.5) is 4.39 Å². The number of carbonyl (C=O) groups is 2. The molecular weight excluding hydrogens is 423 g/mol. The summed E-state index contributed by atoms with van der Waals surface area (Å²) in [5.41, 5.74) is 0.441. The molecule has 1 aliphatic heterocycles. The van der Waals surface area contributed by atoms with Gasteiger partial charge in [0.2, 0.25) is 0 Å². The van der Waals surface area contributed by atoms with Gasteiger partial charge in [0.15, 0.2) is 0 Å². The van der Waals surface area contributed by atoms with Gasteiger partial charge in [-0.25, -0.2) is 4.39 Å². The van der Waals surface area contributed by atoms with Crippen LogP contribution in [0.5, 0.6) is 5.75 Å². The van der Waals surface area contributed by atoms with Gasteiger partial charge in [-0.05, 0) is 56.2 Å². The van der Waals surface area contributed by atoms with Gasteiger partial charge in [0, 0.05) is 11.9 Å². The standard InChI is InChI=1S/C26H25FN2O4/c1-28(2)14-5-15-29-22(17-8-11-18(27)12-9-17)21(25(32)26(29)33)24(31)20-13-10-16-6-3-4-7-19(16)23(20)30/h3-4,6-13,22,30-31H,5,14-15H2,1-2H3/t22-/m1/s1. The average molecular weight is 448 g/mol. The lowest BCUT2D eigenvalue weighted by atomic mass is 9.94. The molecule has 4 rings (SSSR count). The predicted molar refractivity (Wildman–Crippen MR) is 124 cm³/mol. The number of carbonyl (C=O) groups excluding carboxylic acids is 2. The number of aromatic hydroxyl groups is 1. The number of nitrogens with zero attached hydrogens (tertiary/aromatic N) is 2. The SMILES string of the molecule is CN(C)CCCN1C(=O)C(=O)C(=C(O)c2ccc3ccccc3c2O)[C@H]1c1ccc(F)cc1. The van der Waals surface area contributed by atoms with E-state index in [0.717, 1.165) is 5.39 Å². The molecule has 1 atom stereocenters. The number of amides is 1. The van der Waals surface area contributed by atoms with Crippen LogP contribution in [0.15, 0.2) is 66.2 Å². The van der Waals surface area contributed by atoms with E-state index in [1.54, 1.807) is 18.2 Å². The van der Waals surface area contributed by atoms with Gasteiger partial charge >= 0.3 is 0 Å². The molecule has 0 bridgehead atoms. The fraction of sp³-hybridized carbons (Fsp3) is 0.231. The average Bonchev–Trinajstić information content (AvgIpc) is 3.04. The van der Waals surface area contributed by atoms with Crippen LogP contribution in [0.25, 0.3) is 16.5 Å². The maximum absolute atomic E-state index is 13.6. The summed E-state index contributed by atoms with van der Waals surface area (Å²) in [6.45, 7) is 0.982. The zero-order chi connectivity index (χ0) is 23.7. The first-order chi connectivity index (χ1) is 15.8. The third kappa shape index (κ3) is 4.19. The fourth-order valence-corrected chi connectivity index (χ4v) is 4.25. The molecule has 1 aliphatic rings. The molecule has 0 aliphatic carbocycles. The predicted octanol–water partition coefficient (Wildman–Crippen LogP) is 4.06. The van der Waals surface area contributed by atoms with Gasteiger partial charge in [-0.3, -0.25) is 9.59 Å². The summed E-state index contributed by atoms with van der Waals surface area (Å²) in [6.07, 6.45) is 0.610. The molecular formula is C26H25FN2O4. The Hall–Kier alpha value is -3.71. The van der Waals surface area contributed by atoms with Crippen LogP contribution in [0.1, 0.15) is 23.6 Å². The van der Waals surface area contributed by atoms with E-state index >= 15 is 0 Å². The van der Waals surface area contributed by atoms with Crippen molar-refractivity contribution < 1.29 is 24.2 Å². The Morgan fingerprint density at radius 3 is 2.42 bits per heavy atom. The summed E-state index contributed by atoms with van der Waals surface area (Å²) in [4.78, 5) is 29.4. The summed E-state index contributed by atoms with van der Waals surface area (Å²) in [7, 11) is 3.82. The smallest absolute Gasteiger partial charge is 0.295 e. The Morgan fingerprint density at radius 1 is 1.03 bits per heavy atom. The van der Waals surface area contributed by atoms with Crippen LogP contribution in [-0.4, -0.2) is 58.9 Å². The second-order valence-corrected chi connectivity index (χ2v) is 8.38. The van der Waals surface area contributed by atoms with Gasteiger partial charge in [0.05, 0.1) is 17.2 Å². The van der Waals surface area contributed by atoms with Crippen LogP contribution < -0.4 is 0 Å². The number of Topliss-reactive ketones (excluding diaryl/α,β-unsaturated/α-hetero) is 1. The lowest BCUT2D eigenvalue weighted by Gasteiger charge is -2.26. The van der Waals surface area contributed by atoms with Crippen LogP contribution in [0, 0.1) is 5.82 Å². The molecule has 0 spiro atoms. The highest BCUT2D eigenvalue weighted by Crippen LogP contribution is 2.42. The Kier molecular flexibility index (Phi) is 6.16. The molecule has 1 heterocycles. The number of likely N-dealkylation sites (tertiary alicyclic amines) is 1. The molecule has 6 nitrogen and oxygen atoms in total. The number of benzene rings is 3. The molecule has 7 heteroatoms. The lowest BCUT2D eigenvalue weighted by molar-refractivity contribution is -0.139. The Labute approximate surface area is 191 Å². The van der Waals surface area contributed by atoms with Gasteiger partial charge in [-0.2, -0.15) is 0 Å². The van der Waals surface area contributed by atoms with Crippen molar-refractivity contribution in [2.45, 2.75) is 12.5 Å². The zero-order valence-corrected chi connectivity index (χ0v) is 18.5. The quantitative estimate of drug-likeness (QED) is 0.338. The number of phenols is 1.